The molecule has 0 N–H and O–H groups in total. The predicted octanol–water partition coefficient (Wildman–Crippen LogP) is 2.14. The predicted molar refractivity (Wildman–Crippen MR) is 88.9 cm³/mol. The van der Waals surface area contributed by atoms with Crippen LogP contribution in [0.15, 0.2) is 18.2 Å². The van der Waals surface area contributed by atoms with Crippen molar-refractivity contribution in [1.29, 1.82) is 0 Å². The lowest BCUT2D eigenvalue weighted by atomic mass is 10.1. The Morgan fingerprint density at radius 1 is 1.20 bits per heavy atom. The molecule has 25 heavy (non-hydrogen) atoms. The summed E-state index contributed by atoms with van der Waals surface area (Å²) in [7, 11) is 0. The van der Waals surface area contributed by atoms with Crippen LogP contribution in [0, 0.1) is 0 Å². The lowest BCUT2D eigenvalue weighted by Gasteiger charge is -2.33. The molecule has 1 aromatic carbocycles. The first-order chi connectivity index (χ1) is 12.2. The highest BCUT2D eigenvalue weighted by molar-refractivity contribution is 5.98. The molecule has 0 saturated heterocycles. The average Bonchev–Trinajstić information content (AvgIpc) is 3.39. The number of amides is 1. The Hall–Kier alpha value is -2.57. The van der Waals surface area contributed by atoms with Crippen molar-refractivity contribution >= 4 is 5.91 Å². The molecule has 1 fully saturated rings. The summed E-state index contributed by atoms with van der Waals surface area (Å²) in [5.41, 5.74) is 0.555. The normalized spacial score (nSPS) is 21.8. The molecule has 1 aromatic heterocycles. The maximum Gasteiger partial charge on any atom is 0.258 e. The molecule has 3 heterocycles. The minimum atomic E-state index is -0.0450. The van der Waals surface area contributed by atoms with E-state index in [9.17, 15) is 4.79 Å². The Morgan fingerprint density at radius 3 is 2.88 bits per heavy atom. The summed E-state index contributed by atoms with van der Waals surface area (Å²) in [6.07, 6.45) is 2.39. The van der Waals surface area contributed by atoms with Gasteiger partial charge in [0, 0.05) is 12.5 Å². The molecule has 1 saturated carbocycles. The Labute approximate surface area is 145 Å². The standard InChI is InChI=1S/C18H20N4O3/c1-11-9-21(10-15-19-20-17(22(11)15)12-5-6-12)18(23)13-3-2-4-14-16(13)25-8-7-24-14/h2-4,11-12H,5-10H2,1H3/t11-/m0/s1. The van der Waals surface area contributed by atoms with Crippen LogP contribution in [-0.4, -0.2) is 45.3 Å². The summed E-state index contributed by atoms with van der Waals surface area (Å²) < 4.78 is 13.5. The first-order valence-electron chi connectivity index (χ1n) is 8.84. The number of fused-ring (bicyclic) bond motifs is 2. The molecular formula is C18H20N4O3. The molecule has 2 aromatic rings. The number of hydrogen-bond donors (Lipinski definition) is 0. The summed E-state index contributed by atoms with van der Waals surface area (Å²) in [5.74, 6) is 3.66. The van der Waals surface area contributed by atoms with Crippen LogP contribution in [0.3, 0.4) is 0 Å². The first-order valence-corrected chi connectivity index (χ1v) is 8.84. The van der Waals surface area contributed by atoms with Gasteiger partial charge in [-0.3, -0.25) is 4.79 Å². The van der Waals surface area contributed by atoms with E-state index in [4.69, 9.17) is 9.47 Å². The molecule has 1 atom stereocenters. The molecule has 1 aliphatic carbocycles. The third kappa shape index (κ3) is 2.37. The smallest absolute Gasteiger partial charge is 0.258 e. The molecule has 5 rings (SSSR count). The van der Waals surface area contributed by atoms with Crippen molar-refractivity contribution in [1.82, 2.24) is 19.7 Å². The van der Waals surface area contributed by atoms with Gasteiger partial charge in [0.2, 0.25) is 0 Å². The molecular weight excluding hydrogens is 320 g/mol. The highest BCUT2D eigenvalue weighted by atomic mass is 16.6. The number of ether oxygens (including phenoxy) is 2. The third-order valence-corrected chi connectivity index (χ3v) is 5.08. The third-order valence-electron chi connectivity index (χ3n) is 5.08. The Bertz CT molecular complexity index is 843. The van der Waals surface area contributed by atoms with E-state index < -0.39 is 0 Å². The zero-order valence-electron chi connectivity index (χ0n) is 14.1. The van der Waals surface area contributed by atoms with E-state index in [1.807, 2.05) is 17.0 Å². The molecule has 0 bridgehead atoms. The molecule has 0 radical (unpaired) electrons. The summed E-state index contributed by atoms with van der Waals surface area (Å²) >= 11 is 0. The molecule has 7 heteroatoms. The SMILES string of the molecule is C[C@H]1CN(C(=O)c2cccc3c2OCCO3)Cc2nnc(C3CC3)n21. The van der Waals surface area contributed by atoms with E-state index >= 15 is 0 Å². The highest BCUT2D eigenvalue weighted by Crippen LogP contribution is 2.41. The fourth-order valence-electron chi connectivity index (χ4n) is 3.75. The summed E-state index contributed by atoms with van der Waals surface area (Å²) in [5, 5.41) is 8.72. The van der Waals surface area contributed by atoms with Gasteiger partial charge in [0.25, 0.3) is 5.91 Å². The molecule has 0 unspecified atom stereocenters. The van der Waals surface area contributed by atoms with E-state index in [1.54, 1.807) is 6.07 Å². The van der Waals surface area contributed by atoms with Gasteiger partial charge in [-0.15, -0.1) is 10.2 Å². The number of carbonyl (C=O) groups excluding carboxylic acids is 1. The fourth-order valence-corrected chi connectivity index (χ4v) is 3.75. The van der Waals surface area contributed by atoms with Crippen LogP contribution in [-0.2, 0) is 6.54 Å². The van der Waals surface area contributed by atoms with Crippen molar-refractivity contribution in [2.45, 2.75) is 38.3 Å². The van der Waals surface area contributed by atoms with E-state index in [0.29, 0.717) is 49.3 Å². The molecule has 130 valence electrons. The molecule has 3 aliphatic rings. The minimum absolute atomic E-state index is 0.0450. The van der Waals surface area contributed by atoms with Gasteiger partial charge in [0.1, 0.15) is 19.0 Å². The van der Waals surface area contributed by atoms with Crippen LogP contribution in [0.5, 0.6) is 11.5 Å². The quantitative estimate of drug-likeness (QED) is 0.838. The van der Waals surface area contributed by atoms with Crippen molar-refractivity contribution in [2.75, 3.05) is 19.8 Å². The maximum absolute atomic E-state index is 13.1. The fraction of sp³-hybridized carbons (Fsp3) is 0.500. The summed E-state index contributed by atoms with van der Waals surface area (Å²) in [4.78, 5) is 14.9. The topological polar surface area (TPSA) is 69.5 Å². The highest BCUT2D eigenvalue weighted by Gasteiger charge is 2.36. The van der Waals surface area contributed by atoms with Gasteiger partial charge in [-0.1, -0.05) is 6.07 Å². The molecule has 7 nitrogen and oxygen atoms in total. The van der Waals surface area contributed by atoms with Gasteiger partial charge in [-0.2, -0.15) is 0 Å². The zero-order chi connectivity index (χ0) is 17.0. The van der Waals surface area contributed by atoms with Crippen molar-refractivity contribution in [3.05, 3.63) is 35.4 Å². The van der Waals surface area contributed by atoms with E-state index in [-0.39, 0.29) is 11.9 Å². The van der Waals surface area contributed by atoms with E-state index in [0.717, 1.165) is 11.6 Å². The molecule has 2 aliphatic heterocycles. The summed E-state index contributed by atoms with van der Waals surface area (Å²) in [6.45, 7) is 4.23. The van der Waals surface area contributed by atoms with Crippen molar-refractivity contribution in [2.24, 2.45) is 0 Å². The second-order valence-electron chi connectivity index (χ2n) is 6.98. The Morgan fingerprint density at radius 2 is 2.04 bits per heavy atom. The van der Waals surface area contributed by atoms with Crippen molar-refractivity contribution in [3.8, 4) is 11.5 Å². The lowest BCUT2D eigenvalue weighted by molar-refractivity contribution is 0.0669. The monoisotopic (exact) mass is 340 g/mol. The van der Waals surface area contributed by atoms with Gasteiger partial charge in [-0.25, -0.2) is 0 Å². The van der Waals surface area contributed by atoms with Crippen LogP contribution in [0.25, 0.3) is 0 Å². The Balaban J connectivity index is 1.45. The average molecular weight is 340 g/mol. The van der Waals surface area contributed by atoms with Crippen LogP contribution in [0.2, 0.25) is 0 Å². The summed E-state index contributed by atoms with van der Waals surface area (Å²) in [6, 6.07) is 5.65. The largest absolute Gasteiger partial charge is 0.486 e. The van der Waals surface area contributed by atoms with Gasteiger partial charge >= 0.3 is 0 Å². The van der Waals surface area contributed by atoms with Crippen molar-refractivity contribution in [3.63, 3.8) is 0 Å². The van der Waals surface area contributed by atoms with Gasteiger partial charge in [0.15, 0.2) is 17.3 Å². The Kier molecular flexibility index (Phi) is 3.23. The van der Waals surface area contributed by atoms with Crippen LogP contribution < -0.4 is 9.47 Å². The first kappa shape index (κ1) is 14.7. The zero-order valence-corrected chi connectivity index (χ0v) is 14.1. The van der Waals surface area contributed by atoms with Crippen LogP contribution >= 0.6 is 0 Å². The number of aromatic nitrogens is 3. The molecule has 1 amide bonds. The van der Waals surface area contributed by atoms with E-state index in [1.165, 1.54) is 12.8 Å². The minimum Gasteiger partial charge on any atom is -0.486 e. The lowest BCUT2D eigenvalue weighted by Crippen LogP contribution is -2.41. The number of hydrogen-bond acceptors (Lipinski definition) is 5. The van der Waals surface area contributed by atoms with Gasteiger partial charge in [-0.05, 0) is 31.9 Å². The van der Waals surface area contributed by atoms with Crippen molar-refractivity contribution < 1.29 is 14.3 Å². The second-order valence-corrected chi connectivity index (χ2v) is 6.98. The van der Waals surface area contributed by atoms with Gasteiger partial charge < -0.3 is 18.9 Å². The second kappa shape index (κ2) is 5.47. The maximum atomic E-state index is 13.1. The number of carbonyl (C=O) groups is 1. The number of para-hydroxylation sites is 1. The van der Waals surface area contributed by atoms with Crippen LogP contribution in [0.4, 0.5) is 0 Å². The number of nitrogens with zero attached hydrogens (tertiary/aromatic N) is 4. The molecule has 0 spiro atoms. The van der Waals surface area contributed by atoms with Gasteiger partial charge in [0.05, 0.1) is 18.2 Å². The van der Waals surface area contributed by atoms with Crippen LogP contribution in [0.1, 0.15) is 53.7 Å². The number of benzene rings is 1. The van der Waals surface area contributed by atoms with E-state index in [2.05, 4.69) is 21.7 Å². The number of rotatable bonds is 2.